The van der Waals surface area contributed by atoms with Crippen LogP contribution in [-0.4, -0.2) is 22.9 Å². The van der Waals surface area contributed by atoms with Gasteiger partial charge in [-0.25, -0.2) is 0 Å². The van der Waals surface area contributed by atoms with E-state index in [9.17, 15) is 9.59 Å². The van der Waals surface area contributed by atoms with E-state index in [-0.39, 0.29) is 16.8 Å². The van der Waals surface area contributed by atoms with Crippen LogP contribution in [0.4, 0.5) is 5.69 Å². The molecule has 5 heteroatoms. The predicted molar refractivity (Wildman–Crippen MR) is 101 cm³/mol. The molecule has 0 spiro atoms. The molecule has 1 amide bonds. The zero-order valence-corrected chi connectivity index (χ0v) is 16.1. The number of nitrogens with one attached hydrogen (secondary N) is 1. The number of aryl methyl sites for hydroxylation is 1. The van der Waals surface area contributed by atoms with E-state index >= 15 is 0 Å². The minimum absolute atomic E-state index is 0.233. The largest absolute Gasteiger partial charge is 0.452 e. The van der Waals surface area contributed by atoms with Crippen LogP contribution in [0.15, 0.2) is 24.3 Å². The Balaban J connectivity index is 1.41. The van der Waals surface area contributed by atoms with Crippen LogP contribution in [0.5, 0.6) is 0 Å². The summed E-state index contributed by atoms with van der Waals surface area (Å²) >= 11 is 6.80. The highest BCUT2D eigenvalue weighted by Gasteiger charge is 2.61. The Kier molecular flexibility index (Phi) is 4.30. The van der Waals surface area contributed by atoms with Crippen LogP contribution in [0.1, 0.15) is 51.0 Å². The first-order chi connectivity index (χ1) is 12.3. The summed E-state index contributed by atoms with van der Waals surface area (Å²) in [6.07, 6.45) is 4.83. The van der Waals surface area contributed by atoms with E-state index in [1.807, 2.05) is 31.2 Å². The number of alkyl halides is 1. The summed E-state index contributed by atoms with van der Waals surface area (Å²) in [5.74, 6) is 0.520. The Bertz CT molecular complexity index is 715. The lowest BCUT2D eigenvalue weighted by molar-refractivity contribution is -0.176. The molecule has 1 N–H and O–H groups in total. The first-order valence-electron chi connectivity index (χ1n) is 9.55. The summed E-state index contributed by atoms with van der Waals surface area (Å²) in [4.78, 5) is 25.2. The van der Waals surface area contributed by atoms with E-state index in [2.05, 4.69) is 5.32 Å². The van der Waals surface area contributed by atoms with Crippen molar-refractivity contribution in [3.05, 3.63) is 29.8 Å². The summed E-state index contributed by atoms with van der Waals surface area (Å²) in [7, 11) is 0. The number of benzene rings is 1. The fourth-order valence-corrected chi connectivity index (χ4v) is 6.30. The van der Waals surface area contributed by atoms with Gasteiger partial charge in [0, 0.05) is 10.6 Å². The van der Waals surface area contributed by atoms with E-state index in [0.717, 1.165) is 31.2 Å². The first-order valence-corrected chi connectivity index (χ1v) is 9.92. The van der Waals surface area contributed by atoms with Crippen molar-refractivity contribution in [3.8, 4) is 0 Å². The van der Waals surface area contributed by atoms with Gasteiger partial charge >= 0.3 is 5.97 Å². The molecule has 4 aliphatic carbocycles. The minimum atomic E-state index is -0.817. The van der Waals surface area contributed by atoms with Crippen molar-refractivity contribution in [1.82, 2.24) is 0 Å². The van der Waals surface area contributed by atoms with Crippen molar-refractivity contribution in [2.75, 3.05) is 5.32 Å². The van der Waals surface area contributed by atoms with Crippen LogP contribution in [0.2, 0.25) is 0 Å². The molecule has 4 aliphatic rings. The number of anilines is 1. The van der Waals surface area contributed by atoms with Crippen LogP contribution in [0.3, 0.4) is 0 Å². The highest BCUT2D eigenvalue weighted by molar-refractivity contribution is 6.24. The molecule has 4 bridgehead atoms. The zero-order chi connectivity index (χ0) is 18.5. The Hall–Kier alpha value is -1.55. The van der Waals surface area contributed by atoms with Gasteiger partial charge in [-0.05, 0) is 76.3 Å². The van der Waals surface area contributed by atoms with Gasteiger partial charge in [0.25, 0.3) is 5.91 Å². The second-order valence-corrected chi connectivity index (χ2v) is 9.60. The van der Waals surface area contributed by atoms with Crippen molar-refractivity contribution in [2.45, 2.75) is 63.4 Å². The zero-order valence-electron chi connectivity index (χ0n) is 15.4. The van der Waals surface area contributed by atoms with Crippen LogP contribution in [0.25, 0.3) is 0 Å². The van der Waals surface area contributed by atoms with Crippen molar-refractivity contribution in [2.24, 2.45) is 17.3 Å². The van der Waals surface area contributed by atoms with E-state index in [1.165, 1.54) is 6.42 Å². The first kappa shape index (κ1) is 17.8. The van der Waals surface area contributed by atoms with Gasteiger partial charge in [0.1, 0.15) is 0 Å². The van der Waals surface area contributed by atoms with Crippen LogP contribution in [0, 0.1) is 24.2 Å². The average Bonchev–Trinajstić information content (AvgIpc) is 2.54. The Morgan fingerprint density at radius 2 is 1.77 bits per heavy atom. The molecule has 0 heterocycles. The molecule has 0 aromatic heterocycles. The van der Waals surface area contributed by atoms with E-state index < -0.39 is 11.5 Å². The Labute approximate surface area is 159 Å². The molecule has 26 heavy (non-hydrogen) atoms. The molecule has 4 nitrogen and oxygen atoms in total. The lowest BCUT2D eigenvalue weighted by Gasteiger charge is -2.58. The summed E-state index contributed by atoms with van der Waals surface area (Å²) < 4.78 is 5.63. The summed E-state index contributed by atoms with van der Waals surface area (Å²) in [5, 5.41) is 2.81. The summed E-state index contributed by atoms with van der Waals surface area (Å²) in [5.41, 5.74) is 1.35. The molecule has 0 radical (unpaired) electrons. The van der Waals surface area contributed by atoms with Crippen molar-refractivity contribution in [1.29, 1.82) is 0 Å². The number of amides is 1. The van der Waals surface area contributed by atoms with Gasteiger partial charge in [-0.1, -0.05) is 17.7 Å². The number of rotatable bonds is 4. The Morgan fingerprint density at radius 1 is 1.15 bits per heavy atom. The van der Waals surface area contributed by atoms with Crippen molar-refractivity contribution in [3.63, 3.8) is 0 Å². The molecule has 0 unspecified atom stereocenters. The molecule has 1 aromatic rings. The van der Waals surface area contributed by atoms with Gasteiger partial charge in [-0.2, -0.15) is 0 Å². The van der Waals surface area contributed by atoms with Gasteiger partial charge in [-0.3, -0.25) is 9.59 Å². The molecule has 0 saturated heterocycles. The van der Waals surface area contributed by atoms with E-state index in [1.54, 1.807) is 6.92 Å². The van der Waals surface area contributed by atoms with E-state index in [0.29, 0.717) is 23.9 Å². The average molecular weight is 376 g/mol. The molecule has 4 saturated carbocycles. The second kappa shape index (κ2) is 6.26. The lowest BCUT2D eigenvalue weighted by Crippen LogP contribution is -2.57. The third-order valence-corrected chi connectivity index (χ3v) is 6.84. The summed E-state index contributed by atoms with van der Waals surface area (Å²) in [6, 6.07) is 7.56. The molecule has 0 aliphatic heterocycles. The maximum atomic E-state index is 13.0. The smallest absolute Gasteiger partial charge is 0.312 e. The molecule has 1 aromatic carbocycles. The topological polar surface area (TPSA) is 55.4 Å². The molecular formula is C21H26ClNO3. The maximum absolute atomic E-state index is 13.0. The molecular weight excluding hydrogens is 350 g/mol. The number of carbonyl (C=O) groups excluding carboxylic acids is 2. The number of carbonyl (C=O) groups is 2. The number of hydrogen-bond acceptors (Lipinski definition) is 3. The van der Waals surface area contributed by atoms with Crippen LogP contribution in [-0.2, 0) is 14.3 Å². The normalized spacial score (nSPS) is 35.8. The number of hydrogen-bond donors (Lipinski definition) is 1. The molecule has 5 rings (SSSR count). The van der Waals surface area contributed by atoms with Gasteiger partial charge in [0.15, 0.2) is 6.10 Å². The minimum Gasteiger partial charge on any atom is -0.452 e. The van der Waals surface area contributed by atoms with Crippen molar-refractivity contribution < 1.29 is 14.3 Å². The quantitative estimate of drug-likeness (QED) is 0.625. The van der Waals surface area contributed by atoms with Gasteiger partial charge in [-0.15, -0.1) is 11.6 Å². The number of esters is 1. The van der Waals surface area contributed by atoms with E-state index in [4.69, 9.17) is 16.3 Å². The van der Waals surface area contributed by atoms with Gasteiger partial charge in [0.05, 0.1) is 5.41 Å². The van der Waals surface area contributed by atoms with Crippen molar-refractivity contribution >= 4 is 29.2 Å². The highest BCUT2D eigenvalue weighted by Crippen LogP contribution is 2.64. The third-order valence-electron chi connectivity index (χ3n) is 6.39. The SMILES string of the molecule is Cc1ccc(NC(=O)[C@H](C)OC(=O)C23C[C@H]4C[C@@H](CC(Cl)(C4)C2)C3)cc1. The second-order valence-electron chi connectivity index (χ2n) is 8.80. The molecule has 3 atom stereocenters. The molecule has 140 valence electrons. The summed E-state index contributed by atoms with van der Waals surface area (Å²) in [6.45, 7) is 3.63. The standard InChI is InChI=1S/C21H26ClNO3/c1-13-3-5-17(6-4-13)23-18(24)14(2)26-19(25)20-8-15-7-16(9-20)11-21(22,10-15)12-20/h3-6,14-16H,7-12H2,1-2H3,(H,23,24)/t14-,15+,16+,20?,21?/m0/s1. The fourth-order valence-electron chi connectivity index (χ4n) is 5.61. The highest BCUT2D eigenvalue weighted by atomic mass is 35.5. The maximum Gasteiger partial charge on any atom is 0.312 e. The van der Waals surface area contributed by atoms with Crippen LogP contribution >= 0.6 is 11.6 Å². The number of halogens is 1. The molecule has 4 fully saturated rings. The third kappa shape index (κ3) is 3.24. The fraction of sp³-hybridized carbons (Fsp3) is 0.619. The monoisotopic (exact) mass is 375 g/mol. The Morgan fingerprint density at radius 3 is 2.35 bits per heavy atom. The lowest BCUT2D eigenvalue weighted by atomic mass is 9.49. The van der Waals surface area contributed by atoms with Gasteiger partial charge < -0.3 is 10.1 Å². The van der Waals surface area contributed by atoms with Gasteiger partial charge in [0.2, 0.25) is 0 Å². The van der Waals surface area contributed by atoms with Crippen LogP contribution < -0.4 is 5.32 Å². The predicted octanol–water partition coefficient (Wildman–Crippen LogP) is 4.44. The number of ether oxygens (including phenoxy) is 1.